The molecule has 0 unspecified atom stereocenters. The van der Waals surface area contributed by atoms with Crippen LogP contribution in [0.25, 0.3) is 0 Å². The van der Waals surface area contributed by atoms with Crippen LogP contribution in [0, 0.1) is 0 Å². The van der Waals surface area contributed by atoms with Gasteiger partial charge in [-0.3, -0.25) is 0 Å². The summed E-state index contributed by atoms with van der Waals surface area (Å²) in [5.41, 5.74) is 3.01. The van der Waals surface area contributed by atoms with Gasteiger partial charge in [0.05, 0.1) is 5.54 Å². The van der Waals surface area contributed by atoms with E-state index >= 15 is 0 Å². The summed E-state index contributed by atoms with van der Waals surface area (Å²) in [5.74, 6) is 0. The molecule has 0 aromatic carbocycles. The number of allylic oxidation sites excluding steroid dienone is 3. The maximum absolute atomic E-state index is 5.58. The second kappa shape index (κ2) is 5.83. The van der Waals surface area contributed by atoms with Crippen molar-refractivity contribution in [1.82, 2.24) is 9.80 Å². The molecule has 106 valence electrons. The summed E-state index contributed by atoms with van der Waals surface area (Å²) in [7, 11) is 2.10. The Kier molecular flexibility index (Phi) is 4.35. The lowest BCUT2D eigenvalue weighted by Gasteiger charge is -2.49. The third kappa shape index (κ3) is 2.86. The monoisotopic (exact) mass is 262 g/mol. The number of nitrogens with zero attached hydrogens (tertiary/aromatic N) is 2. The highest BCUT2D eigenvalue weighted by molar-refractivity contribution is 5.23. The third-order valence-corrected chi connectivity index (χ3v) is 4.45. The van der Waals surface area contributed by atoms with Crippen LogP contribution >= 0.6 is 0 Å². The van der Waals surface area contributed by atoms with Crippen molar-refractivity contribution in [3.63, 3.8) is 0 Å². The van der Waals surface area contributed by atoms with E-state index in [4.69, 9.17) is 4.74 Å². The van der Waals surface area contributed by atoms with Gasteiger partial charge in [0.15, 0.2) is 0 Å². The standard InChI is InChI=1S/C16H26N2O/c1-5-17(4)13-16(8-11-19-12-9-16)18-10-6-7-14(2)15(18)3/h5-6,10H,1,7-9,11-13H2,2-4H3. The van der Waals surface area contributed by atoms with Crippen LogP contribution < -0.4 is 0 Å². The normalized spacial score (nSPS) is 22.6. The second-order valence-electron chi connectivity index (χ2n) is 5.76. The predicted octanol–water partition coefficient (Wildman–Crippen LogP) is 3.12. The first-order chi connectivity index (χ1) is 9.09. The molecule has 2 aliphatic rings. The first-order valence-corrected chi connectivity index (χ1v) is 7.12. The van der Waals surface area contributed by atoms with Gasteiger partial charge in [-0.15, -0.1) is 0 Å². The highest BCUT2D eigenvalue weighted by Crippen LogP contribution is 2.35. The first kappa shape index (κ1) is 14.2. The molecule has 0 N–H and O–H groups in total. The Morgan fingerprint density at radius 2 is 2.11 bits per heavy atom. The van der Waals surface area contributed by atoms with Crippen molar-refractivity contribution in [2.45, 2.75) is 38.6 Å². The zero-order valence-electron chi connectivity index (χ0n) is 12.5. The lowest BCUT2D eigenvalue weighted by atomic mass is 9.86. The summed E-state index contributed by atoms with van der Waals surface area (Å²) in [6.07, 6.45) is 9.67. The van der Waals surface area contributed by atoms with Gasteiger partial charge in [-0.1, -0.05) is 18.2 Å². The lowest BCUT2D eigenvalue weighted by molar-refractivity contribution is -0.00738. The molecule has 0 atom stereocenters. The molecular formula is C16H26N2O. The molecule has 2 heterocycles. The van der Waals surface area contributed by atoms with E-state index in [0.29, 0.717) is 0 Å². The quantitative estimate of drug-likeness (QED) is 0.774. The van der Waals surface area contributed by atoms with E-state index in [1.165, 1.54) is 11.3 Å². The molecule has 0 aromatic heterocycles. The van der Waals surface area contributed by atoms with Crippen LogP contribution in [0.4, 0.5) is 0 Å². The summed E-state index contributed by atoms with van der Waals surface area (Å²) < 4.78 is 5.58. The summed E-state index contributed by atoms with van der Waals surface area (Å²) in [5, 5.41) is 0. The molecule has 0 amide bonds. The van der Waals surface area contributed by atoms with Gasteiger partial charge in [0.2, 0.25) is 0 Å². The third-order valence-electron chi connectivity index (χ3n) is 4.45. The molecule has 0 aromatic rings. The average molecular weight is 262 g/mol. The van der Waals surface area contributed by atoms with E-state index in [0.717, 1.165) is 39.0 Å². The van der Waals surface area contributed by atoms with Crippen molar-refractivity contribution in [1.29, 1.82) is 0 Å². The smallest absolute Gasteiger partial charge is 0.0660 e. The summed E-state index contributed by atoms with van der Waals surface area (Å²) in [6, 6.07) is 0. The van der Waals surface area contributed by atoms with Gasteiger partial charge in [-0.2, -0.15) is 0 Å². The molecule has 3 nitrogen and oxygen atoms in total. The Balaban J connectivity index is 2.28. The van der Waals surface area contributed by atoms with Crippen molar-refractivity contribution in [3.8, 4) is 0 Å². The molecule has 1 fully saturated rings. The number of hydrogen-bond acceptors (Lipinski definition) is 3. The molecular weight excluding hydrogens is 236 g/mol. The molecule has 2 rings (SSSR count). The van der Waals surface area contributed by atoms with Crippen molar-refractivity contribution >= 4 is 0 Å². The van der Waals surface area contributed by atoms with Crippen LogP contribution in [0.2, 0.25) is 0 Å². The number of rotatable bonds is 4. The van der Waals surface area contributed by atoms with Gasteiger partial charge in [-0.05, 0) is 39.3 Å². The van der Waals surface area contributed by atoms with Gasteiger partial charge in [-0.25, -0.2) is 0 Å². The Morgan fingerprint density at radius 3 is 2.74 bits per heavy atom. The minimum absolute atomic E-state index is 0.142. The van der Waals surface area contributed by atoms with Crippen molar-refractivity contribution in [2.75, 3.05) is 26.8 Å². The van der Waals surface area contributed by atoms with Crippen LogP contribution in [0.1, 0.15) is 33.1 Å². The maximum Gasteiger partial charge on any atom is 0.0660 e. The van der Waals surface area contributed by atoms with Crippen molar-refractivity contribution < 1.29 is 4.74 Å². The van der Waals surface area contributed by atoms with Gasteiger partial charge >= 0.3 is 0 Å². The van der Waals surface area contributed by atoms with Crippen LogP contribution in [-0.2, 0) is 4.74 Å². The summed E-state index contributed by atoms with van der Waals surface area (Å²) in [6.45, 7) is 11.0. The number of ether oxygens (including phenoxy) is 1. The SMILES string of the molecule is C=CN(C)CC1(N2C=CCC(C)=C2C)CCOCC1. The molecule has 0 saturated carbocycles. The molecule has 0 spiro atoms. The van der Waals surface area contributed by atoms with Crippen molar-refractivity contribution in [3.05, 3.63) is 36.3 Å². The first-order valence-electron chi connectivity index (χ1n) is 7.12. The molecule has 19 heavy (non-hydrogen) atoms. The second-order valence-corrected chi connectivity index (χ2v) is 5.76. The molecule has 2 aliphatic heterocycles. The topological polar surface area (TPSA) is 15.7 Å². The fourth-order valence-electron chi connectivity index (χ4n) is 3.07. The van der Waals surface area contributed by atoms with Gasteiger partial charge in [0, 0.05) is 38.7 Å². The maximum atomic E-state index is 5.58. The summed E-state index contributed by atoms with van der Waals surface area (Å²) in [4.78, 5) is 4.67. The Hall–Kier alpha value is -1.22. The predicted molar refractivity (Wildman–Crippen MR) is 79.6 cm³/mol. The van der Waals surface area contributed by atoms with Crippen LogP contribution in [0.3, 0.4) is 0 Å². The number of likely N-dealkylation sites (N-methyl/N-ethyl adjacent to an activating group) is 1. The summed E-state index contributed by atoms with van der Waals surface area (Å²) >= 11 is 0. The molecule has 1 saturated heterocycles. The fraction of sp³-hybridized carbons (Fsp3) is 0.625. The Bertz CT molecular complexity index is 392. The van der Waals surface area contributed by atoms with Crippen LogP contribution in [0.15, 0.2) is 36.3 Å². The van der Waals surface area contributed by atoms with Crippen LogP contribution in [0.5, 0.6) is 0 Å². The van der Waals surface area contributed by atoms with E-state index in [9.17, 15) is 0 Å². The van der Waals surface area contributed by atoms with Gasteiger partial charge < -0.3 is 14.5 Å². The zero-order valence-corrected chi connectivity index (χ0v) is 12.5. The Labute approximate surface area is 117 Å². The van der Waals surface area contributed by atoms with Crippen LogP contribution in [-0.4, -0.2) is 42.1 Å². The highest BCUT2D eigenvalue weighted by atomic mass is 16.5. The van der Waals surface area contributed by atoms with Gasteiger partial charge in [0.1, 0.15) is 0 Å². The lowest BCUT2D eigenvalue weighted by Crippen LogP contribution is -2.55. The zero-order chi connectivity index (χ0) is 13.9. The average Bonchev–Trinajstić information content (AvgIpc) is 2.42. The van der Waals surface area contributed by atoms with E-state index in [1.807, 2.05) is 6.20 Å². The van der Waals surface area contributed by atoms with Gasteiger partial charge in [0.25, 0.3) is 0 Å². The number of hydrogen-bond donors (Lipinski definition) is 0. The highest BCUT2D eigenvalue weighted by Gasteiger charge is 2.39. The van der Waals surface area contributed by atoms with E-state index in [2.05, 4.69) is 49.5 Å². The Morgan fingerprint density at radius 1 is 1.42 bits per heavy atom. The molecule has 0 bridgehead atoms. The minimum Gasteiger partial charge on any atom is -0.381 e. The van der Waals surface area contributed by atoms with E-state index in [1.54, 1.807) is 0 Å². The largest absolute Gasteiger partial charge is 0.381 e. The minimum atomic E-state index is 0.142. The molecule has 3 heteroatoms. The fourth-order valence-corrected chi connectivity index (χ4v) is 3.07. The molecule has 0 radical (unpaired) electrons. The molecule has 0 aliphatic carbocycles. The van der Waals surface area contributed by atoms with E-state index < -0.39 is 0 Å². The van der Waals surface area contributed by atoms with E-state index in [-0.39, 0.29) is 5.54 Å². The van der Waals surface area contributed by atoms with Crippen molar-refractivity contribution in [2.24, 2.45) is 0 Å².